The molecule has 70 heavy (non-hydrogen) atoms. The highest BCUT2D eigenvalue weighted by Crippen LogP contribution is 2.56. The highest BCUT2D eigenvalue weighted by atomic mass is 32.2. The summed E-state index contributed by atoms with van der Waals surface area (Å²) in [6, 6.07) is 13.9. The number of nitrogens with zero attached hydrogens (tertiary/aromatic N) is 8. The predicted molar refractivity (Wildman–Crippen MR) is 260 cm³/mol. The molecule has 4 aromatic heterocycles. The third-order valence-electron chi connectivity index (χ3n) is 15.3. The molecule has 2 aliphatic carbocycles. The number of benzene rings is 3. The van der Waals surface area contributed by atoms with Crippen LogP contribution < -0.4 is 16.8 Å². The molecule has 0 radical (unpaired) electrons. The van der Waals surface area contributed by atoms with E-state index in [2.05, 4.69) is 58.8 Å². The molecule has 3 fully saturated rings. The lowest BCUT2D eigenvalue weighted by atomic mass is 9.83. The maximum absolute atomic E-state index is 16.8. The van der Waals surface area contributed by atoms with Crippen molar-refractivity contribution in [1.82, 2.24) is 38.5 Å². The first kappa shape index (κ1) is 45.8. The van der Waals surface area contributed by atoms with E-state index in [1.54, 1.807) is 48.7 Å². The van der Waals surface area contributed by atoms with Gasteiger partial charge in [0.15, 0.2) is 11.6 Å². The number of amides is 1. The van der Waals surface area contributed by atoms with Crippen LogP contribution in [0.25, 0.3) is 28.1 Å². The summed E-state index contributed by atoms with van der Waals surface area (Å²) in [7, 11) is 0.102. The summed E-state index contributed by atoms with van der Waals surface area (Å²) in [4.78, 5) is 47.8. The third-order valence-corrected chi connectivity index (χ3v) is 18.2. The van der Waals surface area contributed by atoms with E-state index in [9.17, 15) is 13.8 Å². The lowest BCUT2D eigenvalue weighted by Crippen LogP contribution is -2.41. The molecule has 5 atom stereocenters. The van der Waals surface area contributed by atoms with Crippen LogP contribution in [0.4, 0.5) is 14.5 Å². The number of anilines is 1. The van der Waals surface area contributed by atoms with Gasteiger partial charge in [-0.25, -0.2) is 31.6 Å². The van der Waals surface area contributed by atoms with E-state index in [0.29, 0.717) is 64.9 Å². The van der Waals surface area contributed by atoms with Crippen LogP contribution in [0.5, 0.6) is 0 Å². The van der Waals surface area contributed by atoms with Crippen molar-refractivity contribution in [3.05, 3.63) is 133 Å². The Morgan fingerprint density at radius 3 is 2.34 bits per heavy atom. The van der Waals surface area contributed by atoms with Gasteiger partial charge in [0.05, 0.1) is 49.0 Å². The summed E-state index contributed by atoms with van der Waals surface area (Å²) < 4.78 is 67.6. The lowest BCUT2D eigenvalue weighted by Gasteiger charge is -2.35. The number of H-pyrrole nitrogens is 1. The van der Waals surface area contributed by atoms with Crippen molar-refractivity contribution < 1.29 is 27.0 Å². The Morgan fingerprint density at radius 1 is 0.971 bits per heavy atom. The molecule has 3 aromatic carbocycles. The number of nitrogens with one attached hydrogen (secondary N) is 2. The molecular weight excluding hydrogens is 919 g/mol. The average Bonchev–Trinajstić information content (AvgIpc) is 4.07. The van der Waals surface area contributed by atoms with E-state index >= 15 is 13.6 Å². The third kappa shape index (κ3) is 6.96. The van der Waals surface area contributed by atoms with Crippen LogP contribution in [0.1, 0.15) is 116 Å². The van der Waals surface area contributed by atoms with Gasteiger partial charge in [0.2, 0.25) is 0 Å². The molecule has 0 spiro atoms. The zero-order valence-electron chi connectivity index (χ0n) is 40.4. The Kier molecular flexibility index (Phi) is 10.6. The van der Waals surface area contributed by atoms with Gasteiger partial charge in [-0.2, -0.15) is 5.10 Å². The number of ether oxygens (including phenoxy) is 1. The van der Waals surface area contributed by atoms with E-state index in [-0.39, 0.29) is 57.2 Å². The standard InChI is InChI=1S/C51H56F2N10O6S/c1-27-21-34(22-28(2)42(27)52)63-45(61-19-18-60(49(61)66)38-13-14-40(44(54-7)43(38)53)70(67,55-8)35-10-11-35)41-30(4)59(17-15-36(41)57-63)46(64)39-24-33-23-31(32-16-20-68-50(5,6)26-32)9-12-37(33)62(39)51(25-29(51)3)47-56-48(65)69-58-47/h9,12-14,18-19,21-24,29-30,32,35,54H,10-11,15-17,20,25-26H2,1-8H3,(H,56,58,65)/t29-,30-,32-,51-,70-/m0/s1. The number of aromatic nitrogens is 7. The second-order valence-electron chi connectivity index (χ2n) is 20.2. The fraction of sp³-hybridized carbons (Fsp3) is 0.431. The molecule has 7 aromatic rings. The van der Waals surface area contributed by atoms with Crippen LogP contribution in [-0.2, 0) is 26.4 Å². The van der Waals surface area contributed by atoms with E-state index in [1.165, 1.54) is 34.6 Å². The predicted octanol–water partition coefficient (Wildman–Crippen LogP) is 8.22. The minimum absolute atomic E-state index is 0.000520. The van der Waals surface area contributed by atoms with Gasteiger partial charge in [0.1, 0.15) is 22.9 Å². The summed E-state index contributed by atoms with van der Waals surface area (Å²) in [5.74, 6) is -1.23. The maximum atomic E-state index is 16.8. The van der Waals surface area contributed by atoms with Crippen LogP contribution >= 0.6 is 0 Å². The monoisotopic (exact) mass is 974 g/mol. The van der Waals surface area contributed by atoms with Gasteiger partial charge < -0.3 is 19.5 Å². The minimum atomic E-state index is -2.92. The SMILES string of the molecule is CN=[S@@](=O)(c1ccc(-n2ccn(-c3c4c(nn3-c3cc(C)c(F)c(C)c3)CCN(C(=O)c3cc5cc([C@H]6CCOC(C)(C)C6)ccc5n3[C@@]3(c5noc(=O)[nH]5)C[C@@H]3C)[C@H]4C)c2=O)c(F)c1NC)C1CC1. The Morgan fingerprint density at radius 2 is 1.70 bits per heavy atom. The zero-order valence-corrected chi connectivity index (χ0v) is 41.2. The van der Waals surface area contributed by atoms with E-state index in [1.807, 2.05) is 17.6 Å². The molecule has 1 amide bonds. The second kappa shape index (κ2) is 16.2. The van der Waals surface area contributed by atoms with E-state index in [0.717, 1.165) is 42.1 Å². The van der Waals surface area contributed by atoms with Crippen molar-refractivity contribution in [3.63, 3.8) is 0 Å². The number of hydrogen-bond acceptors (Lipinski definition) is 10. The number of aryl methyl sites for hydroxylation is 2. The smallest absolute Gasteiger partial charge is 0.385 e. The number of carbonyl (C=O) groups excluding carboxylic acids is 1. The molecular formula is C51H56F2N10O6S. The molecule has 19 heteroatoms. The number of rotatable bonds is 10. The zero-order chi connectivity index (χ0) is 49.3. The van der Waals surface area contributed by atoms with Gasteiger partial charge >= 0.3 is 11.4 Å². The summed E-state index contributed by atoms with van der Waals surface area (Å²) in [6.07, 6.45) is 7.05. The van der Waals surface area contributed by atoms with Crippen LogP contribution in [0.3, 0.4) is 0 Å². The Hall–Kier alpha value is -6.60. The Bertz CT molecular complexity index is 3540. The van der Waals surface area contributed by atoms with Gasteiger partial charge in [-0.15, -0.1) is 0 Å². The summed E-state index contributed by atoms with van der Waals surface area (Å²) in [6.45, 7) is 12.4. The molecule has 0 unspecified atom stereocenters. The fourth-order valence-corrected chi connectivity index (χ4v) is 13.8. The van der Waals surface area contributed by atoms with E-state index in [4.69, 9.17) is 14.4 Å². The molecule has 0 bridgehead atoms. The highest BCUT2D eigenvalue weighted by Gasteiger charge is 2.59. The van der Waals surface area contributed by atoms with Gasteiger partial charge in [-0.3, -0.25) is 23.4 Å². The Labute approximate surface area is 402 Å². The van der Waals surface area contributed by atoms with Crippen molar-refractivity contribution in [2.75, 3.05) is 32.6 Å². The largest absolute Gasteiger partial charge is 0.438 e. The summed E-state index contributed by atoms with van der Waals surface area (Å²) in [5, 5.41) is 12.8. The van der Waals surface area contributed by atoms with Crippen molar-refractivity contribution in [3.8, 4) is 17.2 Å². The number of carbonyl (C=O) groups is 1. The number of hydrogen-bond donors (Lipinski definition) is 2. The van der Waals surface area contributed by atoms with Crippen LogP contribution in [0.2, 0.25) is 0 Å². The number of imidazole rings is 1. The van der Waals surface area contributed by atoms with Gasteiger partial charge in [-0.05, 0) is 138 Å². The number of halogens is 2. The topological polar surface area (TPSA) is 180 Å². The highest BCUT2D eigenvalue weighted by molar-refractivity contribution is 7.94. The molecule has 2 aliphatic heterocycles. The summed E-state index contributed by atoms with van der Waals surface area (Å²) >= 11 is 0. The molecule has 2 saturated carbocycles. The Balaban J connectivity index is 1.05. The molecule has 366 valence electrons. The van der Waals surface area contributed by atoms with Crippen molar-refractivity contribution in [1.29, 1.82) is 0 Å². The van der Waals surface area contributed by atoms with Gasteiger partial charge in [0.25, 0.3) is 5.91 Å². The molecule has 4 aliphatic rings. The molecule has 2 N–H and O–H groups in total. The van der Waals surface area contributed by atoms with Gasteiger partial charge in [0, 0.05) is 67.8 Å². The van der Waals surface area contributed by atoms with Crippen LogP contribution in [0, 0.1) is 31.4 Å². The lowest BCUT2D eigenvalue weighted by molar-refractivity contribution is -0.0592. The normalized spacial score (nSPS) is 22.8. The first-order valence-corrected chi connectivity index (χ1v) is 25.5. The van der Waals surface area contributed by atoms with Crippen LogP contribution in [-0.4, -0.2) is 86.7 Å². The fourth-order valence-electron chi connectivity index (χ4n) is 11.4. The second-order valence-corrected chi connectivity index (χ2v) is 22.8. The number of aromatic amines is 1. The van der Waals surface area contributed by atoms with Crippen molar-refractivity contribution >= 4 is 32.2 Å². The molecule has 6 heterocycles. The van der Waals surface area contributed by atoms with Crippen molar-refractivity contribution in [2.45, 2.75) is 113 Å². The minimum Gasteiger partial charge on any atom is -0.385 e. The first-order valence-electron chi connectivity index (χ1n) is 23.9. The molecule has 16 nitrogen and oxygen atoms in total. The first-order chi connectivity index (χ1) is 33.4. The van der Waals surface area contributed by atoms with Crippen LogP contribution in [0.15, 0.2) is 84.3 Å². The average molecular weight is 975 g/mol. The maximum Gasteiger partial charge on any atom is 0.438 e. The van der Waals surface area contributed by atoms with E-state index < -0.39 is 38.6 Å². The quantitative estimate of drug-likeness (QED) is 0.137. The number of fused-ring (bicyclic) bond motifs is 2. The summed E-state index contributed by atoms with van der Waals surface area (Å²) in [5.41, 5.74) is 2.95. The van der Waals surface area contributed by atoms with Crippen molar-refractivity contribution in [2.24, 2.45) is 10.3 Å². The van der Waals surface area contributed by atoms with Gasteiger partial charge in [-0.1, -0.05) is 18.1 Å². The molecule has 11 rings (SSSR count). The molecule has 1 saturated heterocycles.